The van der Waals surface area contributed by atoms with Crippen LogP contribution < -0.4 is 10.2 Å². The lowest BCUT2D eigenvalue weighted by Gasteiger charge is -2.29. The molecule has 1 saturated heterocycles. The third kappa shape index (κ3) is 3.63. The molecule has 3 heterocycles. The van der Waals surface area contributed by atoms with Crippen molar-refractivity contribution in [2.24, 2.45) is 0 Å². The Balaban J connectivity index is 1.84. The number of rotatable bonds is 6. The molecule has 0 atom stereocenters. The van der Waals surface area contributed by atoms with E-state index in [9.17, 15) is 0 Å². The van der Waals surface area contributed by atoms with Crippen LogP contribution in [0.2, 0.25) is 0 Å². The number of imidazole rings is 1. The summed E-state index contributed by atoms with van der Waals surface area (Å²) in [5.41, 5.74) is 5.89. The van der Waals surface area contributed by atoms with Gasteiger partial charge in [-0.1, -0.05) is 43.7 Å². The first-order valence-corrected chi connectivity index (χ1v) is 10.6. The van der Waals surface area contributed by atoms with Crippen LogP contribution in [0.3, 0.4) is 0 Å². The lowest BCUT2D eigenvalue weighted by molar-refractivity contribution is 0.568. The number of fused-ring (bicyclic) bond motifs is 1. The smallest absolute Gasteiger partial charge is 0.162 e. The number of piperazine rings is 1. The van der Waals surface area contributed by atoms with Crippen LogP contribution >= 0.6 is 0 Å². The summed E-state index contributed by atoms with van der Waals surface area (Å²) in [5, 5.41) is 3.44. The molecule has 1 aliphatic heterocycles. The highest BCUT2D eigenvalue weighted by Crippen LogP contribution is 2.31. The number of aromatic nitrogens is 3. The molecule has 5 nitrogen and oxygen atoms in total. The SMILES string of the molecule is CCC(CC)c1nc2c(N3CCNCC3)ccnc2n1Cc1cccc(C)c1. The third-order valence-corrected chi connectivity index (χ3v) is 5.87. The molecule has 0 unspecified atom stereocenters. The Morgan fingerprint density at radius 1 is 1.11 bits per heavy atom. The van der Waals surface area contributed by atoms with Gasteiger partial charge in [-0.15, -0.1) is 0 Å². The molecule has 3 aromatic rings. The van der Waals surface area contributed by atoms with Gasteiger partial charge in [0.25, 0.3) is 0 Å². The Morgan fingerprint density at radius 2 is 1.89 bits per heavy atom. The van der Waals surface area contributed by atoms with E-state index in [2.05, 4.69) is 65.9 Å². The molecule has 0 aliphatic carbocycles. The molecule has 1 fully saturated rings. The Morgan fingerprint density at radius 3 is 2.61 bits per heavy atom. The number of benzene rings is 1. The van der Waals surface area contributed by atoms with Crippen LogP contribution in [0.15, 0.2) is 36.5 Å². The minimum absolute atomic E-state index is 0.454. The van der Waals surface area contributed by atoms with Gasteiger partial charge in [-0.05, 0) is 31.4 Å². The van der Waals surface area contributed by atoms with Crippen LogP contribution in [-0.4, -0.2) is 40.7 Å². The number of nitrogens with zero attached hydrogens (tertiary/aromatic N) is 4. The van der Waals surface area contributed by atoms with Crippen molar-refractivity contribution < 1.29 is 0 Å². The number of anilines is 1. The molecule has 0 amide bonds. The van der Waals surface area contributed by atoms with Crippen LogP contribution in [0.1, 0.15) is 49.6 Å². The van der Waals surface area contributed by atoms with Crippen molar-refractivity contribution in [3.05, 3.63) is 53.5 Å². The minimum atomic E-state index is 0.454. The quantitative estimate of drug-likeness (QED) is 0.702. The van der Waals surface area contributed by atoms with E-state index < -0.39 is 0 Å². The van der Waals surface area contributed by atoms with Crippen molar-refractivity contribution in [1.82, 2.24) is 19.9 Å². The van der Waals surface area contributed by atoms with E-state index in [-0.39, 0.29) is 0 Å². The topological polar surface area (TPSA) is 46.0 Å². The zero-order chi connectivity index (χ0) is 19.5. The maximum Gasteiger partial charge on any atom is 0.162 e. The van der Waals surface area contributed by atoms with Gasteiger partial charge in [0.2, 0.25) is 0 Å². The summed E-state index contributed by atoms with van der Waals surface area (Å²) in [4.78, 5) is 12.4. The van der Waals surface area contributed by atoms with Crippen molar-refractivity contribution in [3.8, 4) is 0 Å². The molecule has 4 rings (SSSR count). The van der Waals surface area contributed by atoms with Crippen LogP contribution in [-0.2, 0) is 6.54 Å². The van der Waals surface area contributed by atoms with Gasteiger partial charge >= 0.3 is 0 Å². The van der Waals surface area contributed by atoms with Gasteiger partial charge in [-0.2, -0.15) is 0 Å². The highest BCUT2D eigenvalue weighted by atomic mass is 15.2. The summed E-state index contributed by atoms with van der Waals surface area (Å²) in [6, 6.07) is 10.9. The average molecular weight is 378 g/mol. The molecular formula is C23H31N5. The molecule has 0 radical (unpaired) electrons. The van der Waals surface area contributed by atoms with E-state index >= 15 is 0 Å². The molecule has 1 aliphatic rings. The molecule has 0 saturated carbocycles. The average Bonchev–Trinajstić information content (AvgIpc) is 3.08. The Hall–Kier alpha value is -2.40. The maximum absolute atomic E-state index is 5.19. The Kier molecular flexibility index (Phi) is 5.62. The standard InChI is InChI=1S/C23H31N5/c1-4-19(5-2)22-26-21-20(27-13-11-24-12-14-27)9-10-25-23(21)28(22)16-18-8-6-7-17(3)15-18/h6-10,15,19,24H,4-5,11-14,16H2,1-3H3. The number of pyridine rings is 1. The monoisotopic (exact) mass is 377 g/mol. The Labute approximate surface area is 167 Å². The first kappa shape index (κ1) is 18.9. The summed E-state index contributed by atoms with van der Waals surface area (Å²) in [5.74, 6) is 1.63. The summed E-state index contributed by atoms with van der Waals surface area (Å²) in [6.45, 7) is 11.6. The largest absolute Gasteiger partial charge is 0.367 e. The molecule has 0 bridgehead atoms. The second-order valence-corrected chi connectivity index (χ2v) is 7.80. The van der Waals surface area contributed by atoms with E-state index in [1.807, 2.05) is 6.20 Å². The van der Waals surface area contributed by atoms with Crippen LogP contribution in [0.25, 0.3) is 11.2 Å². The van der Waals surface area contributed by atoms with Gasteiger partial charge in [0.05, 0.1) is 12.2 Å². The summed E-state index contributed by atoms with van der Waals surface area (Å²) < 4.78 is 2.35. The van der Waals surface area contributed by atoms with Crippen molar-refractivity contribution in [2.45, 2.75) is 46.1 Å². The van der Waals surface area contributed by atoms with E-state index in [0.717, 1.165) is 56.7 Å². The number of hydrogen-bond acceptors (Lipinski definition) is 4. The lowest BCUT2D eigenvalue weighted by atomic mass is 10.0. The highest BCUT2D eigenvalue weighted by Gasteiger charge is 2.23. The van der Waals surface area contributed by atoms with Crippen LogP contribution in [0.5, 0.6) is 0 Å². The normalized spacial score (nSPS) is 14.9. The number of hydrogen-bond donors (Lipinski definition) is 1. The van der Waals surface area contributed by atoms with E-state index in [4.69, 9.17) is 9.97 Å². The van der Waals surface area contributed by atoms with Gasteiger partial charge in [0, 0.05) is 38.3 Å². The molecule has 5 heteroatoms. The first-order valence-electron chi connectivity index (χ1n) is 10.6. The summed E-state index contributed by atoms with van der Waals surface area (Å²) in [6.07, 6.45) is 4.14. The van der Waals surface area contributed by atoms with Crippen molar-refractivity contribution >= 4 is 16.9 Å². The molecule has 0 spiro atoms. The predicted molar refractivity (Wildman–Crippen MR) is 116 cm³/mol. The van der Waals surface area contributed by atoms with Crippen LogP contribution in [0, 0.1) is 6.92 Å². The molecule has 1 N–H and O–H groups in total. The molecule has 28 heavy (non-hydrogen) atoms. The second kappa shape index (κ2) is 8.31. The molecule has 2 aromatic heterocycles. The minimum Gasteiger partial charge on any atom is -0.367 e. The molecule has 1 aromatic carbocycles. The van der Waals surface area contributed by atoms with E-state index in [1.165, 1.54) is 22.6 Å². The first-order chi connectivity index (χ1) is 13.7. The van der Waals surface area contributed by atoms with E-state index in [0.29, 0.717) is 5.92 Å². The number of aryl methyl sites for hydroxylation is 1. The predicted octanol–water partition coefficient (Wildman–Crippen LogP) is 4.10. The van der Waals surface area contributed by atoms with E-state index in [1.54, 1.807) is 0 Å². The third-order valence-electron chi connectivity index (χ3n) is 5.87. The molecule has 148 valence electrons. The highest BCUT2D eigenvalue weighted by molar-refractivity contribution is 5.86. The number of nitrogens with one attached hydrogen (secondary N) is 1. The second-order valence-electron chi connectivity index (χ2n) is 7.80. The lowest BCUT2D eigenvalue weighted by Crippen LogP contribution is -2.43. The van der Waals surface area contributed by atoms with Gasteiger partial charge in [0.15, 0.2) is 5.65 Å². The van der Waals surface area contributed by atoms with Crippen LogP contribution in [0.4, 0.5) is 5.69 Å². The maximum atomic E-state index is 5.19. The zero-order valence-corrected chi connectivity index (χ0v) is 17.3. The fourth-order valence-corrected chi connectivity index (χ4v) is 4.30. The molecular weight excluding hydrogens is 346 g/mol. The summed E-state index contributed by atoms with van der Waals surface area (Å²) in [7, 11) is 0. The van der Waals surface area contributed by atoms with Crippen molar-refractivity contribution in [2.75, 3.05) is 31.1 Å². The van der Waals surface area contributed by atoms with Gasteiger partial charge in [-0.25, -0.2) is 9.97 Å². The van der Waals surface area contributed by atoms with Crippen molar-refractivity contribution in [3.63, 3.8) is 0 Å². The van der Waals surface area contributed by atoms with Gasteiger partial charge < -0.3 is 14.8 Å². The fourth-order valence-electron chi connectivity index (χ4n) is 4.30. The van der Waals surface area contributed by atoms with Crippen molar-refractivity contribution in [1.29, 1.82) is 0 Å². The summed E-state index contributed by atoms with van der Waals surface area (Å²) >= 11 is 0. The Bertz CT molecular complexity index is 935. The van der Waals surface area contributed by atoms with Gasteiger partial charge in [0.1, 0.15) is 11.3 Å². The fraction of sp³-hybridized carbons (Fsp3) is 0.478. The zero-order valence-electron chi connectivity index (χ0n) is 17.3. The van der Waals surface area contributed by atoms with Gasteiger partial charge in [-0.3, -0.25) is 0 Å².